The van der Waals surface area contributed by atoms with Crippen molar-refractivity contribution in [1.82, 2.24) is 4.98 Å². The van der Waals surface area contributed by atoms with Crippen molar-refractivity contribution in [3.63, 3.8) is 0 Å². The molecule has 0 saturated carbocycles. The standard InChI is InChI=1S/C16H10ClNO/c17-15-9-12(3-4-14(15)10-19)11-5-6-16-13(8-11)2-1-7-18-16/h1-10H. The fourth-order valence-corrected chi connectivity index (χ4v) is 2.28. The molecule has 2 nitrogen and oxygen atoms in total. The van der Waals surface area contributed by atoms with E-state index in [0.29, 0.717) is 10.6 Å². The molecule has 3 heteroatoms. The van der Waals surface area contributed by atoms with E-state index in [2.05, 4.69) is 11.1 Å². The van der Waals surface area contributed by atoms with E-state index in [1.807, 2.05) is 36.4 Å². The minimum Gasteiger partial charge on any atom is -0.298 e. The van der Waals surface area contributed by atoms with Crippen LogP contribution in [0.5, 0.6) is 0 Å². The summed E-state index contributed by atoms with van der Waals surface area (Å²) in [6.45, 7) is 0. The number of benzene rings is 2. The number of pyridine rings is 1. The zero-order valence-corrected chi connectivity index (χ0v) is 10.8. The quantitative estimate of drug-likeness (QED) is 0.646. The van der Waals surface area contributed by atoms with Crippen molar-refractivity contribution in [3.8, 4) is 11.1 Å². The van der Waals surface area contributed by atoms with E-state index in [4.69, 9.17) is 11.6 Å². The van der Waals surface area contributed by atoms with Crippen molar-refractivity contribution < 1.29 is 4.79 Å². The Morgan fingerprint density at radius 3 is 2.58 bits per heavy atom. The SMILES string of the molecule is O=Cc1ccc(-c2ccc3ncccc3c2)cc1Cl. The van der Waals surface area contributed by atoms with Crippen molar-refractivity contribution in [2.45, 2.75) is 0 Å². The van der Waals surface area contributed by atoms with Crippen LogP contribution < -0.4 is 0 Å². The van der Waals surface area contributed by atoms with Crippen LogP contribution in [0.15, 0.2) is 54.7 Å². The minimum atomic E-state index is 0.471. The highest BCUT2D eigenvalue weighted by Crippen LogP contribution is 2.27. The van der Waals surface area contributed by atoms with Gasteiger partial charge in [-0.05, 0) is 41.5 Å². The molecule has 0 amide bonds. The topological polar surface area (TPSA) is 30.0 Å². The lowest BCUT2D eigenvalue weighted by Crippen LogP contribution is -1.85. The number of hydrogen-bond donors (Lipinski definition) is 0. The minimum absolute atomic E-state index is 0.471. The van der Waals surface area contributed by atoms with Gasteiger partial charge in [-0.2, -0.15) is 0 Å². The number of nitrogens with zero attached hydrogens (tertiary/aromatic N) is 1. The number of aromatic nitrogens is 1. The van der Waals surface area contributed by atoms with E-state index in [9.17, 15) is 4.79 Å². The van der Waals surface area contributed by atoms with Crippen LogP contribution in [0.3, 0.4) is 0 Å². The molecule has 3 rings (SSSR count). The predicted molar refractivity (Wildman–Crippen MR) is 77.6 cm³/mol. The largest absolute Gasteiger partial charge is 0.298 e. The van der Waals surface area contributed by atoms with Crippen LogP contribution >= 0.6 is 11.6 Å². The fourth-order valence-electron chi connectivity index (χ4n) is 2.06. The maximum absolute atomic E-state index is 10.8. The van der Waals surface area contributed by atoms with E-state index >= 15 is 0 Å². The molecule has 0 saturated heterocycles. The first-order valence-electron chi connectivity index (χ1n) is 5.88. The summed E-state index contributed by atoms with van der Waals surface area (Å²) >= 11 is 6.05. The number of rotatable bonds is 2. The van der Waals surface area contributed by atoms with Crippen molar-refractivity contribution in [1.29, 1.82) is 0 Å². The summed E-state index contributed by atoms with van der Waals surface area (Å²) in [6.07, 6.45) is 2.54. The van der Waals surface area contributed by atoms with Gasteiger partial charge in [-0.1, -0.05) is 29.8 Å². The second kappa shape index (κ2) is 4.82. The van der Waals surface area contributed by atoms with Gasteiger partial charge in [-0.3, -0.25) is 9.78 Å². The smallest absolute Gasteiger partial charge is 0.151 e. The Kier molecular flexibility index (Phi) is 3.02. The highest BCUT2D eigenvalue weighted by atomic mass is 35.5. The van der Waals surface area contributed by atoms with Gasteiger partial charge in [-0.15, -0.1) is 0 Å². The molecular weight excluding hydrogens is 258 g/mol. The Bertz CT molecular complexity index is 768. The normalized spacial score (nSPS) is 10.6. The lowest BCUT2D eigenvalue weighted by atomic mass is 10.0. The average molecular weight is 268 g/mol. The molecule has 0 bridgehead atoms. The summed E-state index contributed by atoms with van der Waals surface area (Å²) < 4.78 is 0. The van der Waals surface area contributed by atoms with Gasteiger partial charge in [0.25, 0.3) is 0 Å². The second-order valence-corrected chi connectivity index (χ2v) is 4.67. The fraction of sp³-hybridized carbons (Fsp3) is 0. The molecule has 0 spiro atoms. The molecule has 0 atom stereocenters. The number of aldehydes is 1. The summed E-state index contributed by atoms with van der Waals surface area (Å²) in [5.74, 6) is 0. The summed E-state index contributed by atoms with van der Waals surface area (Å²) in [4.78, 5) is 15.0. The van der Waals surface area contributed by atoms with Crippen LogP contribution in [0.1, 0.15) is 10.4 Å². The first kappa shape index (κ1) is 11.9. The number of carbonyl (C=O) groups excluding carboxylic acids is 1. The van der Waals surface area contributed by atoms with Crippen molar-refractivity contribution in [2.75, 3.05) is 0 Å². The van der Waals surface area contributed by atoms with Gasteiger partial charge in [-0.25, -0.2) is 0 Å². The third-order valence-corrected chi connectivity index (χ3v) is 3.39. The summed E-state index contributed by atoms with van der Waals surface area (Å²) in [5, 5.41) is 1.55. The Morgan fingerprint density at radius 1 is 1.00 bits per heavy atom. The molecule has 19 heavy (non-hydrogen) atoms. The van der Waals surface area contributed by atoms with Crippen LogP contribution in [-0.4, -0.2) is 11.3 Å². The summed E-state index contributed by atoms with van der Waals surface area (Å²) in [6, 6.07) is 15.4. The van der Waals surface area contributed by atoms with Crippen LogP contribution in [-0.2, 0) is 0 Å². The van der Waals surface area contributed by atoms with Crippen LogP contribution in [0, 0.1) is 0 Å². The van der Waals surface area contributed by atoms with Gasteiger partial charge < -0.3 is 0 Å². The summed E-state index contributed by atoms with van der Waals surface area (Å²) in [7, 11) is 0. The second-order valence-electron chi connectivity index (χ2n) is 4.27. The Balaban J connectivity index is 2.13. The van der Waals surface area contributed by atoms with E-state index in [1.165, 1.54) is 0 Å². The van der Waals surface area contributed by atoms with Gasteiger partial charge in [0.15, 0.2) is 6.29 Å². The Morgan fingerprint density at radius 2 is 1.79 bits per heavy atom. The molecule has 0 N–H and O–H groups in total. The van der Waals surface area contributed by atoms with Gasteiger partial charge >= 0.3 is 0 Å². The molecule has 0 fully saturated rings. The van der Waals surface area contributed by atoms with Crippen LogP contribution in [0.4, 0.5) is 0 Å². The maximum Gasteiger partial charge on any atom is 0.151 e. The molecule has 1 heterocycles. The monoisotopic (exact) mass is 267 g/mol. The molecular formula is C16H10ClNO. The van der Waals surface area contributed by atoms with Crippen LogP contribution in [0.2, 0.25) is 5.02 Å². The maximum atomic E-state index is 10.8. The zero-order valence-electron chi connectivity index (χ0n) is 10.0. The third kappa shape index (κ3) is 2.23. The van der Waals surface area contributed by atoms with Gasteiger partial charge in [0, 0.05) is 17.1 Å². The van der Waals surface area contributed by atoms with E-state index in [0.717, 1.165) is 28.3 Å². The molecule has 2 aromatic carbocycles. The molecule has 1 aromatic heterocycles. The number of hydrogen-bond acceptors (Lipinski definition) is 2. The van der Waals surface area contributed by atoms with Crippen LogP contribution in [0.25, 0.3) is 22.0 Å². The molecule has 0 aliphatic carbocycles. The zero-order chi connectivity index (χ0) is 13.2. The molecule has 3 aromatic rings. The van der Waals surface area contributed by atoms with E-state index in [1.54, 1.807) is 12.3 Å². The highest BCUT2D eigenvalue weighted by molar-refractivity contribution is 6.33. The van der Waals surface area contributed by atoms with E-state index in [-0.39, 0.29) is 0 Å². The van der Waals surface area contributed by atoms with Crippen molar-refractivity contribution in [3.05, 3.63) is 65.3 Å². The van der Waals surface area contributed by atoms with Gasteiger partial charge in [0.2, 0.25) is 0 Å². The number of carbonyl (C=O) groups is 1. The van der Waals surface area contributed by atoms with Crippen molar-refractivity contribution in [2.24, 2.45) is 0 Å². The lowest BCUT2D eigenvalue weighted by Gasteiger charge is -2.05. The molecule has 0 aliphatic heterocycles. The third-order valence-electron chi connectivity index (χ3n) is 3.06. The summed E-state index contributed by atoms with van der Waals surface area (Å²) in [5.41, 5.74) is 3.51. The predicted octanol–water partition coefficient (Wildman–Crippen LogP) is 4.37. The number of fused-ring (bicyclic) bond motifs is 1. The first-order valence-corrected chi connectivity index (χ1v) is 6.25. The Hall–Kier alpha value is -2.19. The first-order chi connectivity index (χ1) is 9.28. The Labute approximate surface area is 115 Å². The molecule has 0 aliphatic rings. The lowest BCUT2D eigenvalue weighted by molar-refractivity contribution is 0.112. The number of halogens is 1. The average Bonchev–Trinajstić information content (AvgIpc) is 2.46. The van der Waals surface area contributed by atoms with Gasteiger partial charge in [0.1, 0.15) is 0 Å². The van der Waals surface area contributed by atoms with E-state index < -0.39 is 0 Å². The van der Waals surface area contributed by atoms with Crippen molar-refractivity contribution >= 4 is 28.8 Å². The molecule has 92 valence electrons. The highest BCUT2D eigenvalue weighted by Gasteiger charge is 2.04. The van der Waals surface area contributed by atoms with Gasteiger partial charge in [0.05, 0.1) is 10.5 Å². The molecule has 0 unspecified atom stereocenters. The molecule has 0 radical (unpaired) electrons.